The largest absolute Gasteiger partial charge is 0.422 e. The van der Waals surface area contributed by atoms with Gasteiger partial charge in [0.15, 0.2) is 5.75 Å². The summed E-state index contributed by atoms with van der Waals surface area (Å²) < 4.78 is 4.64. The zero-order valence-corrected chi connectivity index (χ0v) is 5.57. The standard InChI is InChI=1S/C6H5N3O2/c7-2-1-6(10)11-5-3-8-9-4-5/h3-4H,1H2,(H,8,9). The lowest BCUT2D eigenvalue weighted by Gasteiger charge is -1.93. The van der Waals surface area contributed by atoms with Crippen LogP contribution in [0.25, 0.3) is 0 Å². The summed E-state index contributed by atoms with van der Waals surface area (Å²) in [6.07, 6.45) is 2.54. The highest BCUT2D eigenvalue weighted by atomic mass is 16.5. The van der Waals surface area contributed by atoms with Gasteiger partial charge >= 0.3 is 5.97 Å². The molecule has 0 bridgehead atoms. The highest BCUT2D eigenvalue weighted by Crippen LogP contribution is 2.05. The van der Waals surface area contributed by atoms with E-state index in [-0.39, 0.29) is 6.42 Å². The molecular formula is C6H5N3O2. The molecule has 1 aromatic heterocycles. The maximum atomic E-state index is 10.6. The molecule has 0 unspecified atom stereocenters. The van der Waals surface area contributed by atoms with Crippen molar-refractivity contribution in [3.05, 3.63) is 12.4 Å². The topological polar surface area (TPSA) is 78.8 Å². The van der Waals surface area contributed by atoms with E-state index in [1.54, 1.807) is 6.07 Å². The molecule has 1 N–H and O–H groups in total. The third kappa shape index (κ3) is 2.10. The second-order valence-electron chi connectivity index (χ2n) is 1.74. The van der Waals surface area contributed by atoms with Crippen LogP contribution in [0.5, 0.6) is 5.75 Å². The zero-order valence-electron chi connectivity index (χ0n) is 5.57. The Balaban J connectivity index is 2.45. The average molecular weight is 151 g/mol. The van der Waals surface area contributed by atoms with Gasteiger partial charge in [0.1, 0.15) is 6.42 Å². The number of rotatable bonds is 2. The first-order valence-electron chi connectivity index (χ1n) is 2.89. The molecule has 0 saturated carbocycles. The van der Waals surface area contributed by atoms with Crippen molar-refractivity contribution < 1.29 is 9.53 Å². The maximum absolute atomic E-state index is 10.6. The number of hydrogen-bond acceptors (Lipinski definition) is 4. The number of nitrogens with one attached hydrogen (secondary N) is 1. The summed E-state index contributed by atoms with van der Waals surface area (Å²) in [7, 11) is 0. The summed E-state index contributed by atoms with van der Waals surface area (Å²) in [6, 6.07) is 1.67. The molecule has 56 valence electrons. The monoisotopic (exact) mass is 151 g/mol. The smallest absolute Gasteiger partial charge is 0.325 e. The summed E-state index contributed by atoms with van der Waals surface area (Å²) in [5.41, 5.74) is 0. The van der Waals surface area contributed by atoms with Gasteiger partial charge in [-0.25, -0.2) is 0 Å². The minimum absolute atomic E-state index is 0.245. The maximum Gasteiger partial charge on any atom is 0.325 e. The summed E-state index contributed by atoms with van der Waals surface area (Å²) in [5, 5.41) is 14.1. The van der Waals surface area contributed by atoms with Crippen LogP contribution in [0.15, 0.2) is 12.4 Å². The van der Waals surface area contributed by atoms with E-state index in [1.807, 2.05) is 0 Å². The fraction of sp³-hybridized carbons (Fsp3) is 0.167. The van der Waals surface area contributed by atoms with E-state index in [4.69, 9.17) is 5.26 Å². The number of carbonyl (C=O) groups excluding carboxylic acids is 1. The lowest BCUT2D eigenvalue weighted by Crippen LogP contribution is -2.05. The van der Waals surface area contributed by atoms with Crippen LogP contribution < -0.4 is 4.74 Å². The van der Waals surface area contributed by atoms with Crippen molar-refractivity contribution in [3.8, 4) is 11.8 Å². The van der Waals surface area contributed by atoms with Gasteiger partial charge in [0.25, 0.3) is 0 Å². The first kappa shape index (κ1) is 7.28. The van der Waals surface area contributed by atoms with Crippen LogP contribution in [0, 0.1) is 11.3 Å². The third-order valence-electron chi connectivity index (χ3n) is 0.928. The van der Waals surface area contributed by atoms with Crippen LogP contribution in [-0.4, -0.2) is 16.2 Å². The van der Waals surface area contributed by atoms with Crippen molar-refractivity contribution in [2.75, 3.05) is 0 Å². The molecule has 0 fully saturated rings. The number of hydrogen-bond donors (Lipinski definition) is 1. The molecule has 0 atom stereocenters. The number of ether oxygens (including phenoxy) is 1. The molecule has 0 aliphatic rings. The van der Waals surface area contributed by atoms with Crippen LogP contribution in [0.1, 0.15) is 6.42 Å². The van der Waals surface area contributed by atoms with E-state index in [2.05, 4.69) is 14.9 Å². The van der Waals surface area contributed by atoms with Crippen molar-refractivity contribution in [2.24, 2.45) is 0 Å². The molecule has 5 heteroatoms. The Hall–Kier alpha value is -1.83. The lowest BCUT2D eigenvalue weighted by molar-refractivity contribution is -0.133. The predicted octanol–water partition coefficient (Wildman–Crippen LogP) is 0.229. The molecule has 0 aliphatic heterocycles. The van der Waals surface area contributed by atoms with Crippen LogP contribution in [0.2, 0.25) is 0 Å². The van der Waals surface area contributed by atoms with Crippen molar-refractivity contribution >= 4 is 5.97 Å². The second kappa shape index (κ2) is 3.37. The summed E-state index contributed by atoms with van der Waals surface area (Å²) >= 11 is 0. The quantitative estimate of drug-likeness (QED) is 0.613. The Morgan fingerprint density at radius 1 is 1.91 bits per heavy atom. The molecule has 0 aromatic carbocycles. The molecular weight excluding hydrogens is 146 g/mol. The van der Waals surface area contributed by atoms with Crippen molar-refractivity contribution in [1.29, 1.82) is 5.26 Å². The highest BCUT2D eigenvalue weighted by Gasteiger charge is 2.02. The first-order chi connectivity index (χ1) is 5.33. The molecule has 1 aromatic rings. The van der Waals surface area contributed by atoms with Gasteiger partial charge in [0.2, 0.25) is 0 Å². The Bertz CT molecular complexity index is 273. The molecule has 1 rings (SSSR count). The van der Waals surface area contributed by atoms with E-state index >= 15 is 0 Å². The van der Waals surface area contributed by atoms with Gasteiger partial charge in [0, 0.05) is 0 Å². The fourth-order valence-electron chi connectivity index (χ4n) is 0.527. The van der Waals surface area contributed by atoms with Gasteiger partial charge < -0.3 is 4.74 Å². The van der Waals surface area contributed by atoms with E-state index in [0.29, 0.717) is 5.75 Å². The number of nitrogens with zero attached hydrogens (tertiary/aromatic N) is 2. The number of aromatic nitrogens is 2. The SMILES string of the molecule is N#CCC(=O)Oc1cn[nH]c1. The minimum atomic E-state index is -0.575. The predicted molar refractivity (Wildman–Crippen MR) is 34.5 cm³/mol. The molecule has 0 radical (unpaired) electrons. The summed E-state index contributed by atoms with van der Waals surface area (Å²) in [4.78, 5) is 10.6. The van der Waals surface area contributed by atoms with Gasteiger partial charge in [-0.15, -0.1) is 0 Å². The van der Waals surface area contributed by atoms with E-state index < -0.39 is 5.97 Å². The lowest BCUT2D eigenvalue weighted by atomic mass is 10.5. The van der Waals surface area contributed by atoms with Crippen LogP contribution in [-0.2, 0) is 4.79 Å². The van der Waals surface area contributed by atoms with E-state index in [0.717, 1.165) is 0 Å². The number of nitriles is 1. The summed E-state index contributed by atoms with van der Waals surface area (Å²) in [6.45, 7) is 0. The zero-order chi connectivity index (χ0) is 8.10. The molecule has 0 amide bonds. The second-order valence-corrected chi connectivity index (χ2v) is 1.74. The van der Waals surface area contributed by atoms with Gasteiger partial charge in [-0.2, -0.15) is 10.4 Å². The molecule has 5 nitrogen and oxygen atoms in total. The number of esters is 1. The van der Waals surface area contributed by atoms with Crippen LogP contribution in [0.3, 0.4) is 0 Å². The molecule has 1 heterocycles. The third-order valence-corrected chi connectivity index (χ3v) is 0.928. The van der Waals surface area contributed by atoms with Gasteiger partial charge in [-0.1, -0.05) is 0 Å². The minimum Gasteiger partial charge on any atom is -0.422 e. The molecule has 11 heavy (non-hydrogen) atoms. The van der Waals surface area contributed by atoms with Crippen molar-refractivity contribution in [1.82, 2.24) is 10.2 Å². The Morgan fingerprint density at radius 3 is 3.27 bits per heavy atom. The van der Waals surface area contributed by atoms with Crippen molar-refractivity contribution in [2.45, 2.75) is 6.42 Å². The van der Waals surface area contributed by atoms with E-state index in [9.17, 15) is 4.79 Å². The van der Waals surface area contributed by atoms with E-state index in [1.165, 1.54) is 12.4 Å². The number of aromatic amines is 1. The van der Waals surface area contributed by atoms with Gasteiger partial charge in [0.05, 0.1) is 18.5 Å². The normalized spacial score (nSPS) is 8.64. The Morgan fingerprint density at radius 2 is 2.73 bits per heavy atom. The van der Waals surface area contributed by atoms with Crippen LogP contribution in [0.4, 0.5) is 0 Å². The van der Waals surface area contributed by atoms with Crippen LogP contribution >= 0.6 is 0 Å². The Labute approximate surface area is 62.6 Å². The van der Waals surface area contributed by atoms with Gasteiger partial charge in [-0.05, 0) is 0 Å². The molecule has 0 spiro atoms. The molecule has 0 aliphatic carbocycles. The van der Waals surface area contributed by atoms with Gasteiger partial charge in [-0.3, -0.25) is 9.89 Å². The number of carbonyl (C=O) groups is 1. The fourth-order valence-corrected chi connectivity index (χ4v) is 0.527. The average Bonchev–Trinajstić information content (AvgIpc) is 2.40. The highest BCUT2D eigenvalue weighted by molar-refractivity contribution is 5.74. The van der Waals surface area contributed by atoms with Crippen molar-refractivity contribution in [3.63, 3.8) is 0 Å². The number of H-pyrrole nitrogens is 1. The molecule has 0 saturated heterocycles. The Kier molecular flexibility index (Phi) is 2.23. The first-order valence-corrected chi connectivity index (χ1v) is 2.89. The summed E-state index contributed by atoms with van der Waals surface area (Å²) in [5.74, 6) is -0.251.